The predicted octanol–water partition coefficient (Wildman–Crippen LogP) is 2.03. The number of benzene rings is 2. The van der Waals surface area contributed by atoms with Crippen molar-refractivity contribution < 1.29 is 13.2 Å². The van der Waals surface area contributed by atoms with Crippen LogP contribution in [-0.4, -0.2) is 23.5 Å². The largest absolute Gasteiger partial charge is 0.328 e. The van der Waals surface area contributed by atoms with Gasteiger partial charge in [0.05, 0.1) is 15.9 Å². The summed E-state index contributed by atoms with van der Waals surface area (Å²) in [5.74, 6) is 0.0946. The van der Waals surface area contributed by atoms with Gasteiger partial charge in [-0.25, -0.2) is 13.2 Å². The van der Waals surface area contributed by atoms with Gasteiger partial charge in [-0.3, -0.25) is 18.7 Å². The van der Waals surface area contributed by atoms with Crippen molar-refractivity contribution in [1.82, 2.24) is 9.13 Å². The lowest BCUT2D eigenvalue weighted by Gasteiger charge is -2.10. The number of anilines is 2. The van der Waals surface area contributed by atoms with Gasteiger partial charge in [0.25, 0.3) is 10.0 Å². The van der Waals surface area contributed by atoms with E-state index in [1.165, 1.54) is 21.3 Å². The maximum atomic E-state index is 12.7. The molecule has 4 rings (SSSR count). The summed E-state index contributed by atoms with van der Waals surface area (Å²) in [5, 5.41) is 2.81. The number of rotatable bonds is 5. The molecule has 8 nitrogen and oxygen atoms in total. The summed E-state index contributed by atoms with van der Waals surface area (Å²) >= 11 is 0. The van der Waals surface area contributed by atoms with Crippen LogP contribution in [0.25, 0.3) is 11.0 Å². The second-order valence-corrected chi connectivity index (χ2v) is 8.68. The summed E-state index contributed by atoms with van der Waals surface area (Å²) in [6.07, 6.45) is 1.84. The normalized spacial score (nSPS) is 14.2. The first-order valence-electron chi connectivity index (χ1n) is 8.85. The van der Waals surface area contributed by atoms with Crippen molar-refractivity contribution in [3.05, 3.63) is 52.9 Å². The van der Waals surface area contributed by atoms with Gasteiger partial charge in [-0.15, -0.1) is 0 Å². The van der Waals surface area contributed by atoms with Gasteiger partial charge in [-0.2, -0.15) is 0 Å². The lowest BCUT2D eigenvalue weighted by atomic mass is 10.2. The van der Waals surface area contributed by atoms with Gasteiger partial charge in [-0.05, 0) is 55.3 Å². The molecule has 0 unspecified atom stereocenters. The Morgan fingerprint density at radius 3 is 2.21 bits per heavy atom. The molecule has 1 saturated carbocycles. The van der Waals surface area contributed by atoms with Crippen LogP contribution in [0.4, 0.5) is 11.4 Å². The van der Waals surface area contributed by atoms with Crippen LogP contribution < -0.4 is 15.7 Å². The van der Waals surface area contributed by atoms with Crippen LogP contribution >= 0.6 is 0 Å². The molecule has 0 radical (unpaired) electrons. The van der Waals surface area contributed by atoms with E-state index in [9.17, 15) is 18.0 Å². The van der Waals surface area contributed by atoms with E-state index in [1.807, 2.05) is 0 Å². The smallest absolute Gasteiger partial charge is 0.326 e. The first kappa shape index (κ1) is 18.3. The zero-order chi connectivity index (χ0) is 20.1. The van der Waals surface area contributed by atoms with E-state index < -0.39 is 10.0 Å². The van der Waals surface area contributed by atoms with Crippen LogP contribution in [0.5, 0.6) is 0 Å². The molecule has 2 aromatic carbocycles. The number of nitrogens with zero attached hydrogens (tertiary/aromatic N) is 2. The number of aromatic nitrogens is 2. The second-order valence-electron chi connectivity index (χ2n) is 7.00. The number of imidazole rings is 1. The molecule has 0 atom stereocenters. The number of carbonyl (C=O) groups is 1. The standard InChI is InChI=1S/C19H20N4O4S/c1-22-16-10-9-15(11-17(16)23(2)19(22)25)28(26,27)21-14-7-5-13(6-8-14)20-18(24)12-3-4-12/h5-12,21H,3-4H2,1-2H3,(H,20,24). The summed E-state index contributed by atoms with van der Waals surface area (Å²) in [5.41, 5.74) is 1.98. The fourth-order valence-electron chi connectivity index (χ4n) is 3.08. The quantitative estimate of drug-likeness (QED) is 0.684. The Balaban J connectivity index is 1.57. The monoisotopic (exact) mass is 400 g/mol. The Morgan fingerprint density at radius 2 is 1.57 bits per heavy atom. The summed E-state index contributed by atoms with van der Waals surface area (Å²) in [6, 6.07) is 11.1. The number of nitrogens with one attached hydrogen (secondary N) is 2. The van der Waals surface area contributed by atoms with E-state index in [1.54, 1.807) is 44.4 Å². The van der Waals surface area contributed by atoms with Crippen LogP contribution in [0.3, 0.4) is 0 Å². The van der Waals surface area contributed by atoms with Crippen molar-refractivity contribution in [1.29, 1.82) is 0 Å². The van der Waals surface area contributed by atoms with Crippen LogP contribution in [0.1, 0.15) is 12.8 Å². The molecule has 0 bridgehead atoms. The van der Waals surface area contributed by atoms with Gasteiger partial charge >= 0.3 is 5.69 Å². The summed E-state index contributed by atoms with van der Waals surface area (Å²) in [7, 11) is -0.587. The minimum absolute atomic E-state index is 0.00453. The van der Waals surface area contributed by atoms with Gasteiger partial charge < -0.3 is 5.32 Å². The van der Waals surface area contributed by atoms with E-state index in [0.717, 1.165) is 12.8 Å². The Morgan fingerprint density at radius 1 is 0.964 bits per heavy atom. The minimum atomic E-state index is -3.83. The van der Waals surface area contributed by atoms with Crippen LogP contribution in [0.15, 0.2) is 52.2 Å². The molecule has 0 saturated heterocycles. The lowest BCUT2D eigenvalue weighted by molar-refractivity contribution is -0.117. The highest BCUT2D eigenvalue weighted by Crippen LogP contribution is 2.30. The van der Waals surface area contributed by atoms with Crippen molar-refractivity contribution in [2.24, 2.45) is 20.0 Å². The summed E-state index contributed by atoms with van der Waals surface area (Å²) < 4.78 is 30.9. The highest BCUT2D eigenvalue weighted by atomic mass is 32.2. The Bertz CT molecular complexity index is 1240. The topological polar surface area (TPSA) is 102 Å². The van der Waals surface area contributed by atoms with Crippen LogP contribution in [-0.2, 0) is 28.9 Å². The molecule has 2 N–H and O–H groups in total. The molecule has 1 amide bonds. The molecule has 9 heteroatoms. The highest BCUT2D eigenvalue weighted by molar-refractivity contribution is 7.92. The number of amides is 1. The first-order valence-corrected chi connectivity index (χ1v) is 10.3. The molecule has 28 heavy (non-hydrogen) atoms. The average molecular weight is 400 g/mol. The van der Waals surface area contributed by atoms with E-state index in [4.69, 9.17) is 0 Å². The Labute approximate surface area is 161 Å². The highest BCUT2D eigenvalue weighted by Gasteiger charge is 2.29. The molecule has 146 valence electrons. The molecular formula is C19H20N4O4S. The zero-order valence-electron chi connectivity index (χ0n) is 15.5. The molecule has 1 aromatic heterocycles. The summed E-state index contributed by atoms with van der Waals surface area (Å²) in [4.78, 5) is 23.9. The molecule has 1 aliphatic carbocycles. The van der Waals surface area contributed by atoms with Gasteiger partial charge in [-0.1, -0.05) is 0 Å². The molecule has 1 heterocycles. The number of carbonyl (C=O) groups excluding carboxylic acids is 1. The van der Waals surface area contributed by atoms with E-state index >= 15 is 0 Å². The number of fused-ring (bicyclic) bond motifs is 1. The van der Waals surface area contributed by atoms with Crippen LogP contribution in [0.2, 0.25) is 0 Å². The Kier molecular flexibility index (Phi) is 4.26. The first-order chi connectivity index (χ1) is 13.3. The van der Waals surface area contributed by atoms with Crippen molar-refractivity contribution >= 4 is 38.3 Å². The van der Waals surface area contributed by atoms with Crippen molar-refractivity contribution in [2.75, 3.05) is 10.0 Å². The third-order valence-electron chi connectivity index (χ3n) is 4.91. The van der Waals surface area contributed by atoms with Crippen molar-refractivity contribution in [2.45, 2.75) is 17.7 Å². The number of hydrogen-bond acceptors (Lipinski definition) is 4. The van der Waals surface area contributed by atoms with Gasteiger partial charge in [0.1, 0.15) is 0 Å². The number of hydrogen-bond donors (Lipinski definition) is 2. The van der Waals surface area contributed by atoms with Gasteiger partial charge in [0.15, 0.2) is 0 Å². The van der Waals surface area contributed by atoms with E-state index in [2.05, 4.69) is 10.0 Å². The Hall–Kier alpha value is -3.07. The SMILES string of the molecule is Cn1c(=O)n(C)c2cc(S(=O)(=O)Nc3ccc(NC(=O)C4CC4)cc3)ccc21. The number of sulfonamides is 1. The predicted molar refractivity (Wildman–Crippen MR) is 107 cm³/mol. The third-order valence-corrected chi connectivity index (χ3v) is 6.29. The maximum Gasteiger partial charge on any atom is 0.328 e. The third kappa shape index (κ3) is 3.29. The van der Waals surface area contributed by atoms with Crippen molar-refractivity contribution in [3.63, 3.8) is 0 Å². The molecule has 1 aliphatic rings. The average Bonchev–Trinajstić information content (AvgIpc) is 3.49. The van der Waals surface area contributed by atoms with E-state index in [-0.39, 0.29) is 22.4 Å². The lowest BCUT2D eigenvalue weighted by Crippen LogP contribution is -2.19. The van der Waals surface area contributed by atoms with E-state index in [0.29, 0.717) is 22.4 Å². The van der Waals surface area contributed by atoms with Gasteiger partial charge in [0, 0.05) is 31.4 Å². The molecule has 0 spiro atoms. The molecular weight excluding hydrogens is 380 g/mol. The van der Waals surface area contributed by atoms with Crippen molar-refractivity contribution in [3.8, 4) is 0 Å². The number of aryl methyl sites for hydroxylation is 2. The fourth-order valence-corrected chi connectivity index (χ4v) is 4.16. The zero-order valence-corrected chi connectivity index (χ0v) is 16.3. The van der Waals surface area contributed by atoms with Crippen LogP contribution in [0, 0.1) is 5.92 Å². The minimum Gasteiger partial charge on any atom is -0.326 e. The van der Waals surface area contributed by atoms with Gasteiger partial charge in [0.2, 0.25) is 5.91 Å². The molecule has 1 fully saturated rings. The summed E-state index contributed by atoms with van der Waals surface area (Å²) in [6.45, 7) is 0. The fraction of sp³-hybridized carbons (Fsp3) is 0.263. The second kappa shape index (κ2) is 6.52. The molecule has 3 aromatic rings. The molecule has 0 aliphatic heterocycles. The maximum absolute atomic E-state index is 12.7.